The summed E-state index contributed by atoms with van der Waals surface area (Å²) in [4.78, 5) is 4.59. The van der Waals surface area contributed by atoms with Crippen molar-refractivity contribution in [2.45, 2.75) is 13.8 Å². The predicted molar refractivity (Wildman–Crippen MR) is 82.3 cm³/mol. The number of hydrogen-bond donors (Lipinski definition) is 1. The van der Waals surface area contributed by atoms with Crippen molar-refractivity contribution in [3.05, 3.63) is 12.1 Å². The maximum absolute atomic E-state index is 5.65. The van der Waals surface area contributed by atoms with E-state index in [1.807, 2.05) is 26.0 Å². The van der Waals surface area contributed by atoms with Crippen molar-refractivity contribution in [1.82, 2.24) is 4.98 Å². The van der Waals surface area contributed by atoms with E-state index in [1.54, 1.807) is 18.4 Å². The Labute approximate surface area is 122 Å². The molecule has 2 aromatic rings. The number of thiazole rings is 1. The normalized spacial score (nSPS) is 10.8. The number of hydrogen-bond acceptors (Lipinski definition) is 6. The first kappa shape index (κ1) is 14.9. The smallest absolute Gasteiger partial charge is 0.184 e. The van der Waals surface area contributed by atoms with Crippen molar-refractivity contribution in [2.24, 2.45) is 0 Å². The van der Waals surface area contributed by atoms with E-state index >= 15 is 0 Å². The Balaban J connectivity index is 2.33. The van der Waals surface area contributed by atoms with Gasteiger partial charge in [-0.15, -0.1) is 0 Å². The molecule has 0 bridgehead atoms. The molecule has 0 spiro atoms. The Morgan fingerprint density at radius 2 is 1.85 bits per heavy atom. The van der Waals surface area contributed by atoms with Gasteiger partial charge >= 0.3 is 0 Å². The lowest BCUT2D eigenvalue weighted by atomic mass is 10.3. The second-order valence-corrected chi connectivity index (χ2v) is 5.04. The minimum absolute atomic E-state index is 0.618. The maximum Gasteiger partial charge on any atom is 0.184 e. The van der Waals surface area contributed by atoms with Gasteiger partial charge in [-0.1, -0.05) is 11.3 Å². The first-order chi connectivity index (χ1) is 9.80. The second-order valence-electron chi connectivity index (χ2n) is 4.04. The standard InChI is InChI=1S/C14H20N2O3S/c1-4-18-10-6-7-11(19-5-2)13-12(10)16-14(20-13)15-8-9-17-3/h6-7H,4-5,8-9H2,1-3H3,(H,15,16). The number of nitrogens with one attached hydrogen (secondary N) is 1. The van der Waals surface area contributed by atoms with E-state index in [0.717, 1.165) is 33.4 Å². The van der Waals surface area contributed by atoms with E-state index in [-0.39, 0.29) is 0 Å². The molecule has 1 aromatic heterocycles. The minimum atomic E-state index is 0.618. The fraction of sp³-hybridized carbons (Fsp3) is 0.500. The molecule has 0 amide bonds. The Hall–Kier alpha value is -1.53. The number of ether oxygens (including phenoxy) is 3. The molecule has 0 aliphatic heterocycles. The van der Waals surface area contributed by atoms with Crippen LogP contribution in [0.15, 0.2) is 12.1 Å². The highest BCUT2D eigenvalue weighted by Gasteiger charge is 2.14. The molecular weight excluding hydrogens is 276 g/mol. The molecule has 110 valence electrons. The minimum Gasteiger partial charge on any atom is -0.492 e. The first-order valence-electron chi connectivity index (χ1n) is 6.72. The molecule has 0 aliphatic rings. The highest BCUT2D eigenvalue weighted by atomic mass is 32.1. The molecule has 0 radical (unpaired) electrons. The van der Waals surface area contributed by atoms with Gasteiger partial charge in [0.05, 0.1) is 19.8 Å². The summed E-state index contributed by atoms with van der Waals surface area (Å²) in [7, 11) is 1.68. The molecule has 5 nitrogen and oxygen atoms in total. The van der Waals surface area contributed by atoms with Gasteiger partial charge in [-0.05, 0) is 26.0 Å². The molecule has 0 saturated carbocycles. The summed E-state index contributed by atoms with van der Waals surface area (Å²) in [6, 6.07) is 3.85. The average Bonchev–Trinajstić information content (AvgIpc) is 2.87. The molecule has 0 saturated heterocycles. The lowest BCUT2D eigenvalue weighted by molar-refractivity contribution is 0.211. The molecule has 0 aliphatic carbocycles. The van der Waals surface area contributed by atoms with E-state index in [0.29, 0.717) is 19.8 Å². The number of rotatable bonds is 8. The van der Waals surface area contributed by atoms with E-state index in [4.69, 9.17) is 14.2 Å². The zero-order valence-corrected chi connectivity index (χ0v) is 12.9. The molecule has 0 atom stereocenters. The van der Waals surface area contributed by atoms with Crippen LogP contribution in [0.3, 0.4) is 0 Å². The summed E-state index contributed by atoms with van der Waals surface area (Å²) >= 11 is 1.57. The summed E-state index contributed by atoms with van der Waals surface area (Å²) in [6.45, 7) is 6.56. The molecule has 20 heavy (non-hydrogen) atoms. The molecule has 1 N–H and O–H groups in total. The van der Waals surface area contributed by atoms with Gasteiger partial charge in [0.25, 0.3) is 0 Å². The maximum atomic E-state index is 5.65. The average molecular weight is 296 g/mol. The largest absolute Gasteiger partial charge is 0.492 e. The van der Waals surface area contributed by atoms with E-state index < -0.39 is 0 Å². The third-order valence-corrected chi connectivity index (χ3v) is 3.68. The van der Waals surface area contributed by atoms with Crippen molar-refractivity contribution in [3.63, 3.8) is 0 Å². The molecule has 0 unspecified atom stereocenters. The second kappa shape index (κ2) is 7.31. The Bertz CT molecular complexity index is 514. The third-order valence-electron chi connectivity index (χ3n) is 2.65. The van der Waals surface area contributed by atoms with Gasteiger partial charge in [-0.2, -0.15) is 0 Å². The third kappa shape index (κ3) is 3.32. The Morgan fingerprint density at radius 1 is 1.15 bits per heavy atom. The van der Waals surface area contributed by atoms with Gasteiger partial charge in [0, 0.05) is 13.7 Å². The van der Waals surface area contributed by atoms with Crippen LogP contribution >= 0.6 is 11.3 Å². The molecular formula is C14H20N2O3S. The Kier molecular flexibility index (Phi) is 5.43. The highest BCUT2D eigenvalue weighted by Crippen LogP contribution is 2.39. The molecule has 1 heterocycles. The summed E-state index contributed by atoms with van der Waals surface area (Å²) in [6.07, 6.45) is 0. The fourth-order valence-corrected chi connectivity index (χ4v) is 2.81. The van der Waals surface area contributed by atoms with Crippen molar-refractivity contribution in [2.75, 3.05) is 38.8 Å². The highest BCUT2D eigenvalue weighted by molar-refractivity contribution is 7.22. The van der Waals surface area contributed by atoms with Crippen LogP contribution in [-0.2, 0) is 4.74 Å². The van der Waals surface area contributed by atoms with Gasteiger partial charge in [0.1, 0.15) is 21.7 Å². The van der Waals surface area contributed by atoms with Gasteiger partial charge in [-0.25, -0.2) is 4.98 Å². The Morgan fingerprint density at radius 3 is 2.55 bits per heavy atom. The quantitative estimate of drug-likeness (QED) is 0.758. The van der Waals surface area contributed by atoms with Crippen LogP contribution in [0, 0.1) is 0 Å². The molecule has 2 rings (SSSR count). The van der Waals surface area contributed by atoms with Crippen molar-refractivity contribution < 1.29 is 14.2 Å². The van der Waals surface area contributed by atoms with Gasteiger partial charge in [-0.3, -0.25) is 0 Å². The van der Waals surface area contributed by atoms with E-state index in [9.17, 15) is 0 Å². The van der Waals surface area contributed by atoms with Crippen molar-refractivity contribution >= 4 is 26.7 Å². The number of anilines is 1. The van der Waals surface area contributed by atoms with E-state index in [1.165, 1.54) is 0 Å². The molecule has 6 heteroatoms. The lowest BCUT2D eigenvalue weighted by Gasteiger charge is -2.07. The summed E-state index contributed by atoms with van der Waals surface area (Å²) in [5, 5.41) is 4.10. The molecule has 1 aromatic carbocycles. The van der Waals surface area contributed by atoms with E-state index in [2.05, 4.69) is 10.3 Å². The monoisotopic (exact) mass is 296 g/mol. The fourth-order valence-electron chi connectivity index (χ4n) is 1.84. The number of aromatic nitrogens is 1. The molecule has 0 fully saturated rings. The van der Waals surface area contributed by atoms with Crippen LogP contribution in [0.4, 0.5) is 5.13 Å². The number of fused-ring (bicyclic) bond motifs is 1. The summed E-state index contributed by atoms with van der Waals surface area (Å²) in [5.74, 6) is 1.64. The van der Waals surface area contributed by atoms with Crippen LogP contribution in [0.1, 0.15) is 13.8 Å². The topological polar surface area (TPSA) is 52.6 Å². The summed E-state index contributed by atoms with van der Waals surface area (Å²) in [5.41, 5.74) is 0.850. The van der Waals surface area contributed by atoms with Crippen molar-refractivity contribution in [3.8, 4) is 11.5 Å². The van der Waals surface area contributed by atoms with Gasteiger partial charge in [0.15, 0.2) is 5.13 Å². The van der Waals surface area contributed by atoms with Gasteiger partial charge in [0.2, 0.25) is 0 Å². The number of benzene rings is 1. The predicted octanol–water partition coefficient (Wildman–Crippen LogP) is 3.15. The van der Waals surface area contributed by atoms with Crippen LogP contribution in [0.5, 0.6) is 11.5 Å². The van der Waals surface area contributed by atoms with Crippen molar-refractivity contribution in [1.29, 1.82) is 0 Å². The van der Waals surface area contributed by atoms with Crippen LogP contribution < -0.4 is 14.8 Å². The zero-order chi connectivity index (χ0) is 14.4. The lowest BCUT2D eigenvalue weighted by Crippen LogP contribution is -2.06. The first-order valence-corrected chi connectivity index (χ1v) is 7.53. The number of methoxy groups -OCH3 is 1. The van der Waals surface area contributed by atoms with Crippen LogP contribution in [-0.4, -0.2) is 38.5 Å². The van der Waals surface area contributed by atoms with Crippen LogP contribution in [0.25, 0.3) is 10.2 Å². The number of nitrogens with zero attached hydrogens (tertiary/aromatic N) is 1. The SMILES string of the molecule is CCOc1ccc(OCC)c2sc(NCCOC)nc12. The zero-order valence-electron chi connectivity index (χ0n) is 12.1. The van der Waals surface area contributed by atoms with Gasteiger partial charge < -0.3 is 19.5 Å². The van der Waals surface area contributed by atoms with Crippen LogP contribution in [0.2, 0.25) is 0 Å². The summed E-state index contributed by atoms with van der Waals surface area (Å²) < 4.78 is 17.3.